The smallest absolute Gasteiger partial charge is 0.316 e. The number of aliphatic hydroxyl groups excluding tert-OH is 1. The van der Waals surface area contributed by atoms with Crippen molar-refractivity contribution >= 4 is 11.0 Å². The second kappa shape index (κ2) is 4.55. The van der Waals surface area contributed by atoms with Gasteiger partial charge in [0.1, 0.15) is 0 Å². The molecule has 0 atom stereocenters. The van der Waals surface area contributed by atoms with E-state index in [0.717, 1.165) is 5.52 Å². The van der Waals surface area contributed by atoms with Gasteiger partial charge in [-0.15, -0.1) is 0 Å². The van der Waals surface area contributed by atoms with Gasteiger partial charge >= 0.3 is 11.1 Å². The van der Waals surface area contributed by atoms with Crippen LogP contribution in [0.1, 0.15) is 6.42 Å². The average molecular weight is 234 g/mol. The van der Waals surface area contributed by atoms with Crippen molar-refractivity contribution in [1.29, 1.82) is 0 Å². The first-order valence-electron chi connectivity index (χ1n) is 5.46. The summed E-state index contributed by atoms with van der Waals surface area (Å²) in [6, 6.07) is 7.24. The first-order valence-corrected chi connectivity index (χ1v) is 5.46. The number of fused-ring (bicyclic) bond motifs is 1. The Morgan fingerprint density at radius 1 is 1.12 bits per heavy atom. The first-order chi connectivity index (χ1) is 8.16. The third-order valence-corrected chi connectivity index (χ3v) is 2.81. The van der Waals surface area contributed by atoms with Crippen LogP contribution in [-0.4, -0.2) is 20.8 Å². The molecule has 1 N–H and O–H groups in total. The van der Waals surface area contributed by atoms with Crippen molar-refractivity contribution in [3.05, 3.63) is 45.0 Å². The van der Waals surface area contributed by atoms with Gasteiger partial charge < -0.3 is 14.2 Å². The molecule has 1 aromatic carbocycles. The van der Waals surface area contributed by atoms with Crippen LogP contribution in [0.4, 0.5) is 0 Å². The summed E-state index contributed by atoms with van der Waals surface area (Å²) in [7, 11) is 1.59. The Morgan fingerprint density at radius 3 is 2.41 bits per heavy atom. The highest BCUT2D eigenvalue weighted by Crippen LogP contribution is 2.09. The molecule has 17 heavy (non-hydrogen) atoms. The third-order valence-electron chi connectivity index (χ3n) is 2.81. The molecule has 5 heteroatoms. The minimum absolute atomic E-state index is 0.00399. The molecule has 0 amide bonds. The Hall–Kier alpha value is -1.88. The number of aliphatic hydroxyl groups is 1. The number of hydrogen-bond donors (Lipinski definition) is 1. The summed E-state index contributed by atoms with van der Waals surface area (Å²) in [6.45, 7) is 0.349. The fraction of sp³-hybridized carbons (Fsp3) is 0.333. The van der Waals surface area contributed by atoms with Crippen molar-refractivity contribution in [3.63, 3.8) is 0 Å². The summed E-state index contributed by atoms with van der Waals surface area (Å²) in [6.07, 6.45) is 0.455. The molecule has 0 radical (unpaired) electrons. The zero-order valence-electron chi connectivity index (χ0n) is 9.59. The largest absolute Gasteiger partial charge is 0.396 e. The summed E-state index contributed by atoms with van der Waals surface area (Å²) in [5.74, 6) is 0. The molecule has 0 aliphatic heterocycles. The van der Waals surface area contributed by atoms with Crippen LogP contribution in [0.25, 0.3) is 11.0 Å². The lowest BCUT2D eigenvalue weighted by atomic mass is 10.2. The predicted octanol–water partition coefficient (Wildman–Crippen LogP) is 0.0826. The Labute approximate surface area is 97.5 Å². The summed E-state index contributed by atoms with van der Waals surface area (Å²) in [4.78, 5) is 23.6. The Morgan fingerprint density at radius 2 is 1.76 bits per heavy atom. The minimum Gasteiger partial charge on any atom is -0.396 e. The standard InChI is InChI=1S/C12H14N2O3/c1-13-9-5-2-3-6-10(9)14(7-4-8-15)12(17)11(13)16/h2-3,5-6,15H,4,7-8H2,1H3. The third kappa shape index (κ3) is 1.89. The molecule has 0 bridgehead atoms. The quantitative estimate of drug-likeness (QED) is 0.765. The van der Waals surface area contributed by atoms with Gasteiger partial charge in [0.2, 0.25) is 0 Å². The molecule has 5 nitrogen and oxygen atoms in total. The van der Waals surface area contributed by atoms with Gasteiger partial charge in [0.05, 0.1) is 11.0 Å². The van der Waals surface area contributed by atoms with Crippen molar-refractivity contribution in [3.8, 4) is 0 Å². The van der Waals surface area contributed by atoms with E-state index in [1.165, 1.54) is 9.13 Å². The normalized spacial score (nSPS) is 10.9. The zero-order valence-corrected chi connectivity index (χ0v) is 9.59. The lowest BCUT2D eigenvalue weighted by molar-refractivity contribution is 0.279. The van der Waals surface area contributed by atoms with Gasteiger partial charge in [0.25, 0.3) is 0 Å². The molecular weight excluding hydrogens is 220 g/mol. The van der Waals surface area contributed by atoms with E-state index in [4.69, 9.17) is 5.11 Å². The zero-order chi connectivity index (χ0) is 12.4. The van der Waals surface area contributed by atoms with Gasteiger partial charge in [-0.3, -0.25) is 9.59 Å². The van der Waals surface area contributed by atoms with E-state index >= 15 is 0 Å². The topological polar surface area (TPSA) is 64.2 Å². The van der Waals surface area contributed by atoms with Crippen LogP contribution in [0.15, 0.2) is 33.9 Å². The number of aryl methyl sites for hydroxylation is 2. The maximum atomic E-state index is 11.9. The van der Waals surface area contributed by atoms with Gasteiger partial charge in [-0.2, -0.15) is 0 Å². The van der Waals surface area contributed by atoms with Crippen molar-refractivity contribution in [2.75, 3.05) is 6.61 Å². The van der Waals surface area contributed by atoms with E-state index in [-0.39, 0.29) is 6.61 Å². The van der Waals surface area contributed by atoms with Crippen LogP contribution >= 0.6 is 0 Å². The molecule has 1 heterocycles. The molecule has 90 valence electrons. The summed E-state index contributed by atoms with van der Waals surface area (Å²) in [5.41, 5.74) is 0.351. The molecule has 2 rings (SSSR count). The fourth-order valence-corrected chi connectivity index (χ4v) is 1.90. The molecular formula is C12H14N2O3. The number of hydrogen-bond acceptors (Lipinski definition) is 3. The SMILES string of the molecule is Cn1c(=O)c(=O)n(CCCO)c2ccccc21. The minimum atomic E-state index is -0.542. The average Bonchev–Trinajstić information content (AvgIpc) is 2.36. The van der Waals surface area contributed by atoms with Crippen LogP contribution in [-0.2, 0) is 13.6 Å². The number of aromatic nitrogens is 2. The highest BCUT2D eigenvalue weighted by atomic mass is 16.3. The van der Waals surface area contributed by atoms with Crippen molar-refractivity contribution in [1.82, 2.24) is 9.13 Å². The maximum Gasteiger partial charge on any atom is 0.316 e. The number of rotatable bonds is 3. The molecule has 1 aromatic heterocycles. The van der Waals surface area contributed by atoms with Gasteiger partial charge in [0, 0.05) is 20.2 Å². The van der Waals surface area contributed by atoms with Crippen LogP contribution in [0.2, 0.25) is 0 Å². The molecule has 0 fully saturated rings. The maximum absolute atomic E-state index is 11.9. The van der Waals surface area contributed by atoms with Gasteiger partial charge in [0.15, 0.2) is 0 Å². The van der Waals surface area contributed by atoms with E-state index in [1.807, 2.05) is 12.1 Å². The number of para-hydroxylation sites is 2. The van der Waals surface area contributed by atoms with Crippen molar-refractivity contribution < 1.29 is 5.11 Å². The second-order valence-electron chi connectivity index (χ2n) is 3.89. The van der Waals surface area contributed by atoms with Gasteiger partial charge in [-0.25, -0.2) is 0 Å². The molecule has 0 aliphatic rings. The van der Waals surface area contributed by atoms with Crippen molar-refractivity contribution in [2.45, 2.75) is 13.0 Å². The lowest BCUT2D eigenvalue weighted by Gasteiger charge is -2.11. The molecule has 0 spiro atoms. The van der Waals surface area contributed by atoms with E-state index in [9.17, 15) is 9.59 Å². The molecule has 0 unspecified atom stereocenters. The van der Waals surface area contributed by atoms with Gasteiger partial charge in [-0.05, 0) is 18.6 Å². The van der Waals surface area contributed by atoms with Crippen LogP contribution in [0, 0.1) is 0 Å². The summed E-state index contributed by atoms with van der Waals surface area (Å²) >= 11 is 0. The monoisotopic (exact) mass is 234 g/mol. The lowest BCUT2D eigenvalue weighted by Crippen LogP contribution is -2.40. The van der Waals surface area contributed by atoms with Crippen LogP contribution in [0.3, 0.4) is 0 Å². The highest BCUT2D eigenvalue weighted by Gasteiger charge is 2.09. The Bertz CT molecular complexity index is 655. The summed E-state index contributed by atoms with van der Waals surface area (Å²) in [5, 5.41) is 8.82. The van der Waals surface area contributed by atoms with Crippen molar-refractivity contribution in [2.24, 2.45) is 7.05 Å². The Balaban J connectivity index is 2.81. The van der Waals surface area contributed by atoms with E-state index < -0.39 is 11.1 Å². The molecule has 2 aromatic rings. The molecule has 0 aliphatic carbocycles. The Kier molecular flexibility index (Phi) is 3.10. The highest BCUT2D eigenvalue weighted by molar-refractivity contribution is 5.74. The van der Waals surface area contributed by atoms with E-state index in [1.54, 1.807) is 19.2 Å². The second-order valence-corrected chi connectivity index (χ2v) is 3.89. The summed E-state index contributed by atoms with van der Waals surface area (Å²) < 4.78 is 2.78. The molecule has 0 saturated carbocycles. The molecule has 0 saturated heterocycles. The number of benzene rings is 1. The van der Waals surface area contributed by atoms with Gasteiger partial charge in [-0.1, -0.05) is 12.1 Å². The fourth-order valence-electron chi connectivity index (χ4n) is 1.90. The first kappa shape index (κ1) is 11.6. The van der Waals surface area contributed by atoms with Crippen LogP contribution in [0.5, 0.6) is 0 Å². The predicted molar refractivity (Wildman–Crippen MR) is 65.2 cm³/mol. The van der Waals surface area contributed by atoms with E-state index in [2.05, 4.69) is 0 Å². The van der Waals surface area contributed by atoms with Crippen LogP contribution < -0.4 is 11.1 Å². The number of nitrogens with zero attached hydrogens (tertiary/aromatic N) is 2. The van der Waals surface area contributed by atoms with E-state index in [0.29, 0.717) is 18.5 Å².